The summed E-state index contributed by atoms with van der Waals surface area (Å²) in [6, 6.07) is 11.7. The van der Waals surface area contributed by atoms with Crippen molar-refractivity contribution in [2.75, 3.05) is 13.3 Å². The van der Waals surface area contributed by atoms with E-state index in [0.717, 1.165) is 22.2 Å². The molecule has 0 spiro atoms. The zero-order valence-electron chi connectivity index (χ0n) is 13.9. The maximum absolute atomic E-state index is 12.9. The van der Waals surface area contributed by atoms with Crippen molar-refractivity contribution in [3.63, 3.8) is 0 Å². The maximum atomic E-state index is 12.9. The van der Waals surface area contributed by atoms with Gasteiger partial charge in [0.15, 0.2) is 5.16 Å². The van der Waals surface area contributed by atoms with Crippen molar-refractivity contribution < 1.29 is 9.21 Å². The van der Waals surface area contributed by atoms with Crippen LogP contribution in [0.1, 0.15) is 21.8 Å². The quantitative estimate of drug-likeness (QED) is 0.663. The molecule has 0 N–H and O–H groups in total. The lowest BCUT2D eigenvalue weighted by Crippen LogP contribution is -2.28. The zero-order chi connectivity index (χ0) is 17.1. The zero-order valence-corrected chi connectivity index (χ0v) is 14.7. The average Bonchev–Trinajstić information content (AvgIpc) is 3.21. The second-order valence-corrected chi connectivity index (χ2v) is 6.24. The van der Waals surface area contributed by atoms with Gasteiger partial charge >= 0.3 is 0 Å². The second-order valence-electron chi connectivity index (χ2n) is 5.46. The summed E-state index contributed by atoms with van der Waals surface area (Å²) < 4.78 is 7.20. The monoisotopic (exact) mass is 341 g/mol. The Morgan fingerprint density at radius 3 is 2.67 bits per heavy atom. The molecule has 0 radical (unpaired) electrons. The molecule has 1 aromatic carbocycles. The number of furan rings is 1. The Morgan fingerprint density at radius 2 is 2.04 bits per heavy atom. The molecule has 0 aliphatic heterocycles. The van der Waals surface area contributed by atoms with Crippen LogP contribution in [0.5, 0.6) is 0 Å². The number of imidazole rings is 1. The van der Waals surface area contributed by atoms with Crippen molar-refractivity contribution in [2.24, 2.45) is 0 Å². The summed E-state index contributed by atoms with van der Waals surface area (Å²) in [7, 11) is 1.79. The Bertz CT molecular complexity index is 839. The van der Waals surface area contributed by atoms with Gasteiger partial charge in [0.25, 0.3) is 5.91 Å². The summed E-state index contributed by atoms with van der Waals surface area (Å²) in [5.74, 6) is 0.753. The average molecular weight is 341 g/mol. The number of para-hydroxylation sites is 1. The summed E-state index contributed by atoms with van der Waals surface area (Å²) in [5, 5.41) is 0.789. The van der Waals surface area contributed by atoms with Gasteiger partial charge in [-0.1, -0.05) is 30.0 Å². The van der Waals surface area contributed by atoms with Gasteiger partial charge in [-0.05, 0) is 31.4 Å². The van der Waals surface area contributed by atoms with Gasteiger partial charge < -0.3 is 9.32 Å². The van der Waals surface area contributed by atoms with E-state index < -0.39 is 0 Å². The Labute approximate surface area is 145 Å². The first-order chi connectivity index (χ1) is 11.6. The third kappa shape index (κ3) is 3.10. The first-order valence-corrected chi connectivity index (χ1v) is 8.80. The third-order valence-electron chi connectivity index (χ3n) is 3.87. The van der Waals surface area contributed by atoms with Crippen LogP contribution in [0.15, 0.2) is 58.4 Å². The van der Waals surface area contributed by atoms with E-state index in [0.29, 0.717) is 12.2 Å². The van der Waals surface area contributed by atoms with Gasteiger partial charge in [0.2, 0.25) is 0 Å². The van der Waals surface area contributed by atoms with Gasteiger partial charge in [-0.25, -0.2) is 4.98 Å². The van der Waals surface area contributed by atoms with Crippen molar-refractivity contribution in [3.8, 4) is 5.69 Å². The molecule has 3 aromatic rings. The highest BCUT2D eigenvalue weighted by Gasteiger charge is 2.21. The molecule has 2 aromatic heterocycles. The summed E-state index contributed by atoms with van der Waals surface area (Å²) in [6.07, 6.45) is 5.23. The first kappa shape index (κ1) is 16.4. The lowest BCUT2D eigenvalue weighted by molar-refractivity contribution is 0.0776. The smallest absolute Gasteiger partial charge is 0.272 e. The molecular formula is C18H19N3O2S. The molecule has 2 heterocycles. The van der Waals surface area contributed by atoms with E-state index in [2.05, 4.69) is 4.98 Å². The molecule has 124 valence electrons. The van der Waals surface area contributed by atoms with Crippen LogP contribution < -0.4 is 0 Å². The number of thioether (sulfide) groups is 1. The lowest BCUT2D eigenvalue weighted by Gasteiger charge is -2.18. The predicted octanol–water partition coefficient (Wildman–Crippen LogP) is 3.77. The van der Waals surface area contributed by atoms with Crippen LogP contribution in [-0.4, -0.2) is 33.7 Å². The number of hydrogen-bond donors (Lipinski definition) is 0. The van der Waals surface area contributed by atoms with E-state index in [1.54, 1.807) is 24.4 Å². The number of aryl methyl sites for hydroxylation is 1. The SMILES string of the molecule is CSc1ncc(C(=O)N(C)Cc2ccoc2C)n1-c1ccccc1. The molecule has 0 saturated carbocycles. The minimum atomic E-state index is -0.0766. The molecule has 0 unspecified atom stereocenters. The maximum Gasteiger partial charge on any atom is 0.272 e. The Kier molecular flexibility index (Phi) is 4.76. The number of carbonyl (C=O) groups is 1. The van der Waals surface area contributed by atoms with E-state index in [1.807, 2.05) is 54.1 Å². The van der Waals surface area contributed by atoms with E-state index in [9.17, 15) is 4.79 Å². The van der Waals surface area contributed by atoms with Crippen molar-refractivity contribution in [1.29, 1.82) is 0 Å². The van der Waals surface area contributed by atoms with Crippen molar-refractivity contribution in [3.05, 3.63) is 65.9 Å². The van der Waals surface area contributed by atoms with Gasteiger partial charge in [-0.3, -0.25) is 9.36 Å². The topological polar surface area (TPSA) is 51.3 Å². The summed E-state index contributed by atoms with van der Waals surface area (Å²) in [6.45, 7) is 2.39. The van der Waals surface area contributed by atoms with Gasteiger partial charge in [0.05, 0.1) is 12.5 Å². The van der Waals surface area contributed by atoms with Crippen LogP contribution >= 0.6 is 11.8 Å². The van der Waals surface area contributed by atoms with Crippen molar-refractivity contribution >= 4 is 17.7 Å². The molecule has 0 fully saturated rings. The highest BCUT2D eigenvalue weighted by Crippen LogP contribution is 2.23. The highest BCUT2D eigenvalue weighted by atomic mass is 32.2. The minimum absolute atomic E-state index is 0.0766. The summed E-state index contributed by atoms with van der Waals surface area (Å²) >= 11 is 1.51. The van der Waals surface area contributed by atoms with E-state index in [4.69, 9.17) is 4.42 Å². The van der Waals surface area contributed by atoms with Crippen LogP contribution in [0, 0.1) is 6.92 Å². The fraction of sp³-hybridized carbons (Fsp3) is 0.222. The molecule has 24 heavy (non-hydrogen) atoms. The molecule has 0 aliphatic carbocycles. The fourth-order valence-electron chi connectivity index (χ4n) is 2.55. The summed E-state index contributed by atoms with van der Waals surface area (Å²) in [4.78, 5) is 19.0. The number of carbonyl (C=O) groups excluding carboxylic acids is 1. The molecule has 3 rings (SSSR count). The van der Waals surface area contributed by atoms with Gasteiger partial charge in [0, 0.05) is 24.8 Å². The summed E-state index contributed by atoms with van der Waals surface area (Å²) in [5.41, 5.74) is 2.48. The molecule has 1 amide bonds. The van der Waals surface area contributed by atoms with Crippen LogP contribution in [-0.2, 0) is 6.54 Å². The minimum Gasteiger partial charge on any atom is -0.469 e. The predicted molar refractivity (Wildman–Crippen MR) is 94.6 cm³/mol. The van der Waals surface area contributed by atoms with Gasteiger partial charge in [0.1, 0.15) is 11.5 Å². The highest BCUT2D eigenvalue weighted by molar-refractivity contribution is 7.98. The standard InChI is InChI=1S/C18H19N3O2S/c1-13-14(9-10-23-13)12-20(2)17(22)16-11-19-18(24-3)21(16)15-7-5-4-6-8-15/h4-11H,12H2,1-3H3. The number of nitrogens with zero attached hydrogens (tertiary/aromatic N) is 3. The molecule has 0 bridgehead atoms. The number of rotatable bonds is 5. The molecule has 0 saturated heterocycles. The second kappa shape index (κ2) is 6.97. The Balaban J connectivity index is 1.93. The van der Waals surface area contributed by atoms with E-state index in [-0.39, 0.29) is 5.91 Å². The number of benzene rings is 1. The Morgan fingerprint density at radius 1 is 1.29 bits per heavy atom. The lowest BCUT2D eigenvalue weighted by atomic mass is 10.2. The number of aromatic nitrogens is 2. The number of hydrogen-bond acceptors (Lipinski definition) is 4. The van der Waals surface area contributed by atoms with Gasteiger partial charge in [-0.15, -0.1) is 0 Å². The molecule has 6 heteroatoms. The first-order valence-electron chi connectivity index (χ1n) is 7.57. The van der Waals surface area contributed by atoms with Crippen molar-refractivity contribution in [1.82, 2.24) is 14.5 Å². The molecule has 0 atom stereocenters. The molecule has 5 nitrogen and oxygen atoms in total. The van der Waals surface area contributed by atoms with E-state index in [1.165, 1.54) is 11.8 Å². The van der Waals surface area contributed by atoms with Crippen molar-refractivity contribution in [2.45, 2.75) is 18.6 Å². The largest absolute Gasteiger partial charge is 0.469 e. The fourth-order valence-corrected chi connectivity index (χ4v) is 3.10. The Hall–Kier alpha value is -2.47. The number of amides is 1. The molecule has 0 aliphatic rings. The van der Waals surface area contributed by atoms with Crippen LogP contribution in [0.4, 0.5) is 0 Å². The van der Waals surface area contributed by atoms with Crippen LogP contribution in [0.3, 0.4) is 0 Å². The third-order valence-corrected chi connectivity index (χ3v) is 4.52. The van der Waals surface area contributed by atoms with E-state index >= 15 is 0 Å². The van der Waals surface area contributed by atoms with Gasteiger partial charge in [-0.2, -0.15) is 0 Å². The normalized spacial score (nSPS) is 10.8. The van der Waals surface area contributed by atoms with Crippen LogP contribution in [0.25, 0.3) is 5.69 Å². The van der Waals surface area contributed by atoms with Crippen LogP contribution in [0.2, 0.25) is 0 Å². The molecular weight excluding hydrogens is 322 g/mol.